The fourth-order valence-electron chi connectivity index (χ4n) is 3.86. The molecular formula is C17H26Cl2N6OS. The standard InChI is InChI=1S/C17H24N6OS.2ClH/c1-21-12-13(9-20-21)14-10-18-11-15(14)16(24)22-4-2-5-23(7-6-22)17-19-3-8-25-17;;/h3,8-9,12,14-15,18H,2,4-7,10-11H2,1H3;2*1H/t14-,15+;;/m1../s1. The summed E-state index contributed by atoms with van der Waals surface area (Å²) >= 11 is 1.67. The van der Waals surface area contributed by atoms with Crippen molar-refractivity contribution in [1.29, 1.82) is 0 Å². The molecule has 150 valence electrons. The average molecular weight is 433 g/mol. The summed E-state index contributed by atoms with van der Waals surface area (Å²) in [6, 6.07) is 0. The second-order valence-corrected chi connectivity index (χ2v) is 7.67. The third-order valence-electron chi connectivity index (χ3n) is 5.18. The van der Waals surface area contributed by atoms with Crippen LogP contribution in [0.15, 0.2) is 24.0 Å². The molecule has 0 spiro atoms. The second kappa shape index (κ2) is 9.73. The van der Waals surface area contributed by atoms with Gasteiger partial charge in [-0.25, -0.2) is 4.98 Å². The highest BCUT2D eigenvalue weighted by molar-refractivity contribution is 7.13. The summed E-state index contributed by atoms with van der Waals surface area (Å²) < 4.78 is 1.81. The molecule has 2 aromatic rings. The number of thiazole rings is 1. The van der Waals surface area contributed by atoms with Crippen LogP contribution in [0.2, 0.25) is 0 Å². The van der Waals surface area contributed by atoms with Crippen molar-refractivity contribution in [3.8, 4) is 0 Å². The van der Waals surface area contributed by atoms with E-state index in [4.69, 9.17) is 0 Å². The smallest absolute Gasteiger partial charge is 0.227 e. The molecule has 0 bridgehead atoms. The second-order valence-electron chi connectivity index (χ2n) is 6.80. The van der Waals surface area contributed by atoms with Gasteiger partial charge in [0.15, 0.2) is 5.13 Å². The van der Waals surface area contributed by atoms with Crippen molar-refractivity contribution in [2.24, 2.45) is 13.0 Å². The summed E-state index contributed by atoms with van der Waals surface area (Å²) in [6.07, 6.45) is 6.76. The number of anilines is 1. The van der Waals surface area contributed by atoms with E-state index in [-0.39, 0.29) is 42.6 Å². The number of hydrogen-bond donors (Lipinski definition) is 1. The van der Waals surface area contributed by atoms with Gasteiger partial charge in [-0.2, -0.15) is 5.10 Å². The third-order valence-corrected chi connectivity index (χ3v) is 6.01. The molecule has 0 unspecified atom stereocenters. The van der Waals surface area contributed by atoms with Gasteiger partial charge in [-0.05, 0) is 12.0 Å². The van der Waals surface area contributed by atoms with E-state index in [0.717, 1.165) is 56.4 Å². The topological polar surface area (TPSA) is 66.3 Å². The number of halogens is 2. The Bertz CT molecular complexity index is 725. The molecule has 2 atom stereocenters. The van der Waals surface area contributed by atoms with Crippen LogP contribution in [0.4, 0.5) is 5.13 Å². The van der Waals surface area contributed by atoms with E-state index in [9.17, 15) is 4.79 Å². The highest BCUT2D eigenvalue weighted by Crippen LogP contribution is 2.30. The van der Waals surface area contributed by atoms with Gasteiger partial charge in [0.2, 0.25) is 5.91 Å². The highest BCUT2D eigenvalue weighted by atomic mass is 35.5. The minimum absolute atomic E-state index is 0. The number of carbonyl (C=O) groups is 1. The van der Waals surface area contributed by atoms with Crippen molar-refractivity contribution in [3.63, 3.8) is 0 Å². The maximum atomic E-state index is 13.2. The Morgan fingerprint density at radius 3 is 2.78 bits per heavy atom. The Kier molecular flexibility index (Phi) is 7.91. The SMILES string of the molecule is Cl.Cl.Cn1cc([C@H]2CNC[C@@H]2C(=O)N2CCCN(c3nccs3)CC2)cn1. The predicted molar refractivity (Wildman–Crippen MR) is 112 cm³/mol. The number of nitrogens with zero attached hydrogens (tertiary/aromatic N) is 5. The number of rotatable bonds is 3. The maximum Gasteiger partial charge on any atom is 0.227 e. The third kappa shape index (κ3) is 4.74. The molecule has 2 aliphatic heterocycles. The van der Waals surface area contributed by atoms with E-state index >= 15 is 0 Å². The van der Waals surface area contributed by atoms with E-state index in [0.29, 0.717) is 0 Å². The van der Waals surface area contributed by atoms with Crippen molar-refractivity contribution in [3.05, 3.63) is 29.5 Å². The Morgan fingerprint density at radius 1 is 1.22 bits per heavy atom. The monoisotopic (exact) mass is 432 g/mol. The molecule has 0 aromatic carbocycles. The van der Waals surface area contributed by atoms with Crippen molar-refractivity contribution >= 4 is 47.2 Å². The van der Waals surface area contributed by atoms with Gasteiger partial charge < -0.3 is 15.1 Å². The van der Waals surface area contributed by atoms with Crippen molar-refractivity contribution < 1.29 is 4.79 Å². The first kappa shape index (κ1) is 21.9. The molecule has 4 heterocycles. The predicted octanol–water partition coefficient (Wildman–Crippen LogP) is 1.76. The first-order chi connectivity index (χ1) is 12.2. The van der Waals surface area contributed by atoms with Crippen LogP contribution in [0.1, 0.15) is 17.9 Å². The first-order valence-electron chi connectivity index (χ1n) is 8.85. The zero-order chi connectivity index (χ0) is 17.2. The van der Waals surface area contributed by atoms with Crippen LogP contribution in [0.25, 0.3) is 0 Å². The minimum Gasteiger partial charge on any atom is -0.346 e. The van der Waals surface area contributed by atoms with Gasteiger partial charge in [0, 0.05) is 70.0 Å². The van der Waals surface area contributed by atoms with Gasteiger partial charge >= 0.3 is 0 Å². The summed E-state index contributed by atoms with van der Waals surface area (Å²) in [4.78, 5) is 21.9. The van der Waals surface area contributed by atoms with Crippen molar-refractivity contribution in [2.75, 3.05) is 44.2 Å². The van der Waals surface area contributed by atoms with Crippen LogP contribution in [0.5, 0.6) is 0 Å². The summed E-state index contributed by atoms with van der Waals surface area (Å²) in [7, 11) is 1.92. The summed E-state index contributed by atoms with van der Waals surface area (Å²) in [5, 5.41) is 10.7. The summed E-state index contributed by atoms with van der Waals surface area (Å²) in [6.45, 7) is 5.03. The molecule has 0 aliphatic carbocycles. The van der Waals surface area contributed by atoms with E-state index < -0.39 is 0 Å². The summed E-state index contributed by atoms with van der Waals surface area (Å²) in [5.41, 5.74) is 1.16. The highest BCUT2D eigenvalue weighted by Gasteiger charge is 2.37. The molecule has 2 aromatic heterocycles. The van der Waals surface area contributed by atoms with Crippen LogP contribution in [-0.2, 0) is 11.8 Å². The molecule has 7 nitrogen and oxygen atoms in total. The largest absolute Gasteiger partial charge is 0.346 e. The van der Waals surface area contributed by atoms with E-state index in [2.05, 4.69) is 25.2 Å². The normalized spacial score (nSPS) is 22.7. The molecule has 2 saturated heterocycles. The van der Waals surface area contributed by atoms with Gasteiger partial charge in [-0.15, -0.1) is 36.2 Å². The number of aromatic nitrogens is 3. The molecule has 4 rings (SSSR count). The number of amides is 1. The molecule has 10 heteroatoms. The lowest BCUT2D eigenvalue weighted by atomic mass is 9.89. The van der Waals surface area contributed by atoms with Gasteiger partial charge in [-0.3, -0.25) is 9.48 Å². The van der Waals surface area contributed by atoms with Crippen molar-refractivity contribution in [1.82, 2.24) is 25.0 Å². The fraction of sp³-hybridized carbons (Fsp3) is 0.588. The molecule has 1 N–H and O–H groups in total. The number of carbonyl (C=O) groups excluding carboxylic acids is 1. The molecule has 27 heavy (non-hydrogen) atoms. The lowest BCUT2D eigenvalue weighted by Crippen LogP contribution is -2.41. The summed E-state index contributed by atoms with van der Waals surface area (Å²) in [5.74, 6) is 0.509. The van der Waals surface area contributed by atoms with Gasteiger partial charge in [0.1, 0.15) is 0 Å². The Hall–Kier alpha value is -1.35. The van der Waals surface area contributed by atoms with Gasteiger partial charge in [0.25, 0.3) is 0 Å². The fourth-order valence-corrected chi connectivity index (χ4v) is 4.55. The molecule has 2 aliphatic rings. The van der Waals surface area contributed by atoms with Crippen LogP contribution in [-0.4, -0.2) is 64.8 Å². The van der Waals surface area contributed by atoms with Crippen LogP contribution >= 0.6 is 36.2 Å². The molecule has 2 fully saturated rings. The molecular weight excluding hydrogens is 407 g/mol. The lowest BCUT2D eigenvalue weighted by Gasteiger charge is -2.26. The quantitative estimate of drug-likeness (QED) is 0.799. The van der Waals surface area contributed by atoms with E-state index in [1.165, 1.54) is 0 Å². The lowest BCUT2D eigenvalue weighted by molar-refractivity contribution is -0.135. The number of nitrogens with one attached hydrogen (secondary N) is 1. The Morgan fingerprint density at radius 2 is 2.07 bits per heavy atom. The Balaban J connectivity index is 0.00000131. The maximum absolute atomic E-state index is 13.2. The van der Waals surface area contributed by atoms with E-state index in [1.807, 2.05) is 35.7 Å². The van der Waals surface area contributed by atoms with Crippen LogP contribution in [0.3, 0.4) is 0 Å². The van der Waals surface area contributed by atoms with Crippen molar-refractivity contribution in [2.45, 2.75) is 12.3 Å². The Labute approximate surface area is 175 Å². The van der Waals surface area contributed by atoms with Gasteiger partial charge in [0.05, 0.1) is 12.1 Å². The molecule has 0 radical (unpaired) electrons. The van der Waals surface area contributed by atoms with Gasteiger partial charge in [-0.1, -0.05) is 0 Å². The molecule has 0 saturated carbocycles. The first-order valence-corrected chi connectivity index (χ1v) is 9.73. The van der Waals surface area contributed by atoms with Crippen LogP contribution < -0.4 is 10.2 Å². The van der Waals surface area contributed by atoms with E-state index in [1.54, 1.807) is 11.3 Å². The number of aryl methyl sites for hydroxylation is 1. The van der Waals surface area contributed by atoms with Crippen LogP contribution in [0, 0.1) is 5.92 Å². The average Bonchev–Trinajstić information content (AvgIpc) is 3.33. The number of hydrogen-bond acceptors (Lipinski definition) is 6. The zero-order valence-electron chi connectivity index (χ0n) is 15.3. The zero-order valence-corrected chi connectivity index (χ0v) is 17.7. The molecule has 1 amide bonds. The minimum atomic E-state index is 0.